The SMILES string of the molecule is c1cc2[nH]ncc2cc1OCC1CCCCN1. The average molecular weight is 231 g/mol. The normalized spacial score (nSPS) is 20.6. The number of benzene rings is 1. The standard InChI is InChI=1S/C13H17N3O/c1-2-6-14-11(3-1)9-17-12-4-5-13-10(7-12)8-15-16-13/h4-5,7-8,11,14H,1-3,6,9H2,(H,15,16). The molecular weight excluding hydrogens is 214 g/mol. The zero-order chi connectivity index (χ0) is 11.5. The highest BCUT2D eigenvalue weighted by molar-refractivity contribution is 5.79. The highest BCUT2D eigenvalue weighted by Gasteiger charge is 2.12. The van der Waals surface area contributed by atoms with E-state index in [4.69, 9.17) is 4.74 Å². The Kier molecular flexibility index (Phi) is 2.96. The van der Waals surface area contributed by atoms with Crippen LogP contribution in [0.1, 0.15) is 19.3 Å². The van der Waals surface area contributed by atoms with Crippen molar-refractivity contribution in [1.29, 1.82) is 0 Å². The van der Waals surface area contributed by atoms with Crippen LogP contribution in [0.2, 0.25) is 0 Å². The molecule has 17 heavy (non-hydrogen) atoms. The second-order valence-corrected chi connectivity index (χ2v) is 4.58. The van der Waals surface area contributed by atoms with Crippen LogP contribution in [0.25, 0.3) is 10.9 Å². The number of piperidine rings is 1. The van der Waals surface area contributed by atoms with Crippen molar-refractivity contribution in [3.05, 3.63) is 24.4 Å². The lowest BCUT2D eigenvalue weighted by Gasteiger charge is -2.23. The van der Waals surface area contributed by atoms with Crippen molar-refractivity contribution in [2.24, 2.45) is 0 Å². The monoisotopic (exact) mass is 231 g/mol. The first-order valence-corrected chi connectivity index (χ1v) is 6.21. The van der Waals surface area contributed by atoms with Gasteiger partial charge < -0.3 is 10.1 Å². The number of hydrogen-bond donors (Lipinski definition) is 2. The van der Waals surface area contributed by atoms with E-state index in [0.29, 0.717) is 6.04 Å². The lowest BCUT2D eigenvalue weighted by molar-refractivity contribution is 0.239. The van der Waals surface area contributed by atoms with Crippen LogP contribution in [0.4, 0.5) is 0 Å². The van der Waals surface area contributed by atoms with Gasteiger partial charge in [-0.2, -0.15) is 5.10 Å². The van der Waals surface area contributed by atoms with Crippen LogP contribution in [-0.2, 0) is 0 Å². The molecule has 1 aliphatic heterocycles. The zero-order valence-corrected chi connectivity index (χ0v) is 9.78. The van der Waals surface area contributed by atoms with E-state index in [9.17, 15) is 0 Å². The molecule has 2 heterocycles. The van der Waals surface area contributed by atoms with E-state index >= 15 is 0 Å². The summed E-state index contributed by atoms with van der Waals surface area (Å²) in [5.41, 5.74) is 1.05. The first-order valence-electron chi connectivity index (χ1n) is 6.21. The molecule has 0 spiro atoms. The molecule has 0 bridgehead atoms. The van der Waals surface area contributed by atoms with Gasteiger partial charge in [0.2, 0.25) is 0 Å². The minimum Gasteiger partial charge on any atom is -0.492 e. The van der Waals surface area contributed by atoms with Gasteiger partial charge in [0.05, 0.1) is 11.7 Å². The van der Waals surface area contributed by atoms with E-state index in [0.717, 1.165) is 29.8 Å². The number of aromatic nitrogens is 2. The summed E-state index contributed by atoms with van der Waals surface area (Å²) in [5, 5.41) is 11.5. The van der Waals surface area contributed by atoms with Gasteiger partial charge >= 0.3 is 0 Å². The van der Waals surface area contributed by atoms with Gasteiger partial charge in [0.25, 0.3) is 0 Å². The molecule has 90 valence electrons. The van der Waals surface area contributed by atoms with Gasteiger partial charge in [0.15, 0.2) is 0 Å². The molecule has 1 aliphatic rings. The van der Waals surface area contributed by atoms with Crippen LogP contribution >= 0.6 is 0 Å². The third kappa shape index (κ3) is 2.42. The summed E-state index contributed by atoms with van der Waals surface area (Å²) >= 11 is 0. The molecule has 1 saturated heterocycles. The van der Waals surface area contributed by atoms with Crippen LogP contribution in [0.3, 0.4) is 0 Å². The third-order valence-electron chi connectivity index (χ3n) is 3.28. The van der Waals surface area contributed by atoms with Crippen molar-refractivity contribution in [1.82, 2.24) is 15.5 Å². The Bertz CT molecular complexity index is 488. The molecule has 4 heteroatoms. The number of fused-ring (bicyclic) bond motifs is 1. The fraction of sp³-hybridized carbons (Fsp3) is 0.462. The molecule has 0 radical (unpaired) electrons. The number of H-pyrrole nitrogens is 1. The van der Waals surface area contributed by atoms with Crippen LogP contribution in [0, 0.1) is 0 Å². The first kappa shape index (κ1) is 10.6. The van der Waals surface area contributed by atoms with Gasteiger partial charge in [0.1, 0.15) is 12.4 Å². The lowest BCUT2D eigenvalue weighted by atomic mass is 10.1. The Morgan fingerprint density at radius 3 is 3.24 bits per heavy atom. The molecule has 0 saturated carbocycles. The van der Waals surface area contributed by atoms with Crippen molar-refractivity contribution in [3.8, 4) is 5.75 Å². The first-order chi connectivity index (χ1) is 8.42. The summed E-state index contributed by atoms with van der Waals surface area (Å²) in [6.45, 7) is 1.87. The van der Waals surface area contributed by atoms with Crippen molar-refractivity contribution >= 4 is 10.9 Å². The predicted octanol–water partition coefficient (Wildman–Crippen LogP) is 2.08. The van der Waals surface area contributed by atoms with Gasteiger partial charge in [-0.1, -0.05) is 6.42 Å². The maximum atomic E-state index is 5.82. The third-order valence-corrected chi connectivity index (χ3v) is 3.28. The average Bonchev–Trinajstić information content (AvgIpc) is 2.85. The van der Waals surface area contributed by atoms with E-state index in [1.807, 2.05) is 24.4 Å². The molecule has 1 atom stereocenters. The van der Waals surface area contributed by atoms with Crippen molar-refractivity contribution in [2.75, 3.05) is 13.2 Å². The predicted molar refractivity (Wildman–Crippen MR) is 67.2 cm³/mol. The number of ether oxygens (including phenoxy) is 1. The van der Waals surface area contributed by atoms with E-state index in [1.54, 1.807) is 0 Å². The van der Waals surface area contributed by atoms with Crippen LogP contribution in [0.5, 0.6) is 5.75 Å². The Balaban J connectivity index is 1.63. The fourth-order valence-electron chi connectivity index (χ4n) is 2.27. The minimum absolute atomic E-state index is 0.504. The topological polar surface area (TPSA) is 49.9 Å². The highest BCUT2D eigenvalue weighted by Crippen LogP contribution is 2.19. The second-order valence-electron chi connectivity index (χ2n) is 4.58. The molecule has 1 aromatic heterocycles. The van der Waals surface area contributed by atoms with Crippen LogP contribution in [-0.4, -0.2) is 29.4 Å². The Labute approximate surface area is 100 Å². The molecular formula is C13H17N3O. The van der Waals surface area contributed by atoms with Gasteiger partial charge in [-0.05, 0) is 37.6 Å². The second kappa shape index (κ2) is 4.75. The number of aromatic amines is 1. The molecule has 0 aliphatic carbocycles. The molecule has 1 unspecified atom stereocenters. The van der Waals surface area contributed by atoms with Gasteiger partial charge in [-0.3, -0.25) is 5.10 Å². The van der Waals surface area contributed by atoms with Gasteiger partial charge in [0, 0.05) is 11.4 Å². The summed E-state index contributed by atoms with van der Waals surface area (Å²) in [6.07, 6.45) is 5.63. The van der Waals surface area contributed by atoms with Gasteiger partial charge in [-0.15, -0.1) is 0 Å². The number of hydrogen-bond acceptors (Lipinski definition) is 3. The summed E-state index contributed by atoms with van der Waals surface area (Å²) in [7, 11) is 0. The Hall–Kier alpha value is -1.55. The number of rotatable bonds is 3. The smallest absolute Gasteiger partial charge is 0.120 e. The quantitative estimate of drug-likeness (QED) is 0.850. The molecule has 1 fully saturated rings. The zero-order valence-electron chi connectivity index (χ0n) is 9.78. The largest absolute Gasteiger partial charge is 0.492 e. The Morgan fingerprint density at radius 1 is 1.35 bits per heavy atom. The summed E-state index contributed by atoms with van der Waals surface area (Å²) in [4.78, 5) is 0. The fourth-order valence-corrected chi connectivity index (χ4v) is 2.27. The number of nitrogens with zero attached hydrogens (tertiary/aromatic N) is 1. The van der Waals surface area contributed by atoms with Gasteiger partial charge in [-0.25, -0.2) is 0 Å². The van der Waals surface area contributed by atoms with Crippen molar-refractivity contribution in [2.45, 2.75) is 25.3 Å². The summed E-state index contributed by atoms with van der Waals surface area (Å²) in [5.74, 6) is 0.922. The molecule has 1 aromatic carbocycles. The summed E-state index contributed by atoms with van der Waals surface area (Å²) in [6, 6.07) is 6.53. The van der Waals surface area contributed by atoms with Crippen molar-refractivity contribution in [3.63, 3.8) is 0 Å². The van der Waals surface area contributed by atoms with Crippen LogP contribution in [0.15, 0.2) is 24.4 Å². The molecule has 0 amide bonds. The maximum Gasteiger partial charge on any atom is 0.120 e. The Morgan fingerprint density at radius 2 is 2.35 bits per heavy atom. The van der Waals surface area contributed by atoms with E-state index in [2.05, 4.69) is 15.5 Å². The van der Waals surface area contributed by atoms with Crippen LogP contribution < -0.4 is 10.1 Å². The summed E-state index contributed by atoms with van der Waals surface area (Å²) < 4.78 is 5.82. The van der Waals surface area contributed by atoms with E-state index in [1.165, 1.54) is 19.3 Å². The molecule has 2 N–H and O–H groups in total. The maximum absolute atomic E-state index is 5.82. The molecule has 4 nitrogen and oxygen atoms in total. The molecule has 2 aromatic rings. The number of nitrogens with one attached hydrogen (secondary N) is 2. The van der Waals surface area contributed by atoms with E-state index in [-0.39, 0.29) is 0 Å². The van der Waals surface area contributed by atoms with E-state index < -0.39 is 0 Å². The lowest BCUT2D eigenvalue weighted by Crippen LogP contribution is -2.38. The molecule has 3 rings (SSSR count). The van der Waals surface area contributed by atoms with Crippen molar-refractivity contribution < 1.29 is 4.74 Å². The minimum atomic E-state index is 0.504. The highest BCUT2D eigenvalue weighted by atomic mass is 16.5.